The third-order valence-corrected chi connectivity index (χ3v) is 5.79. The second-order valence-electron chi connectivity index (χ2n) is 7.15. The number of carbonyl (C=O) groups is 2. The van der Waals surface area contributed by atoms with Gasteiger partial charge in [0.05, 0.1) is 5.69 Å². The predicted octanol–water partition coefficient (Wildman–Crippen LogP) is 6.02. The van der Waals surface area contributed by atoms with Crippen molar-refractivity contribution in [1.82, 2.24) is 0 Å². The fourth-order valence-corrected chi connectivity index (χ4v) is 4.28. The summed E-state index contributed by atoms with van der Waals surface area (Å²) in [6.45, 7) is 0.658. The maximum Gasteiger partial charge on any atom is 0.265 e. The van der Waals surface area contributed by atoms with Gasteiger partial charge in [-0.05, 0) is 42.0 Å². The molecule has 4 aromatic carbocycles. The van der Waals surface area contributed by atoms with E-state index in [1.54, 1.807) is 24.3 Å². The quantitative estimate of drug-likeness (QED) is 0.382. The fourth-order valence-electron chi connectivity index (χ4n) is 3.89. The second-order valence-corrected chi connectivity index (χ2v) is 8.07. The lowest BCUT2D eigenvalue weighted by atomic mass is 9.92. The Morgan fingerprint density at radius 1 is 0.767 bits per heavy atom. The fraction of sp³-hybridized carbons (Fsp3) is 0.0400. The van der Waals surface area contributed by atoms with Crippen molar-refractivity contribution in [3.63, 3.8) is 0 Å². The van der Waals surface area contributed by atoms with E-state index in [2.05, 4.69) is 33.4 Å². The minimum Gasteiger partial charge on any atom is -0.380 e. The summed E-state index contributed by atoms with van der Waals surface area (Å²) >= 11 is 3.42. The zero-order valence-corrected chi connectivity index (χ0v) is 17.5. The van der Waals surface area contributed by atoms with Crippen LogP contribution in [0.15, 0.2) is 89.4 Å². The highest BCUT2D eigenvalue weighted by molar-refractivity contribution is 9.10. The van der Waals surface area contributed by atoms with Gasteiger partial charge in [-0.2, -0.15) is 0 Å². The Hall–Kier alpha value is -3.44. The summed E-state index contributed by atoms with van der Waals surface area (Å²) in [7, 11) is 0. The Balaban J connectivity index is 1.59. The van der Waals surface area contributed by atoms with E-state index < -0.39 is 0 Å². The first-order chi connectivity index (χ1) is 14.6. The number of benzene rings is 4. The number of nitrogens with one attached hydrogen (secondary N) is 1. The second kappa shape index (κ2) is 7.43. The van der Waals surface area contributed by atoms with Crippen molar-refractivity contribution >= 4 is 49.9 Å². The van der Waals surface area contributed by atoms with Gasteiger partial charge in [-0.1, -0.05) is 64.5 Å². The Bertz CT molecular complexity index is 1280. The third kappa shape index (κ3) is 3.08. The number of carbonyl (C=O) groups excluding carboxylic acids is 2. The Morgan fingerprint density at radius 3 is 2.27 bits per heavy atom. The molecule has 0 unspecified atom stereocenters. The molecule has 1 N–H and O–H groups in total. The normalized spacial score (nSPS) is 13.0. The lowest BCUT2D eigenvalue weighted by Crippen LogP contribution is -2.40. The van der Waals surface area contributed by atoms with Crippen molar-refractivity contribution in [2.75, 3.05) is 10.2 Å². The van der Waals surface area contributed by atoms with E-state index in [9.17, 15) is 9.59 Å². The summed E-state index contributed by atoms with van der Waals surface area (Å²) < 4.78 is 0.810. The lowest BCUT2D eigenvalue weighted by Gasteiger charge is -2.28. The smallest absolute Gasteiger partial charge is 0.265 e. The third-order valence-electron chi connectivity index (χ3n) is 5.30. The number of hydrogen-bond acceptors (Lipinski definition) is 3. The molecule has 0 spiro atoms. The number of hydrogen-bond donors (Lipinski definition) is 1. The zero-order chi connectivity index (χ0) is 20.7. The molecule has 4 aromatic rings. The highest BCUT2D eigenvalue weighted by Crippen LogP contribution is 2.36. The van der Waals surface area contributed by atoms with Gasteiger partial charge in [-0.3, -0.25) is 9.59 Å². The van der Waals surface area contributed by atoms with Crippen molar-refractivity contribution in [2.24, 2.45) is 0 Å². The molecule has 0 radical (unpaired) electrons. The van der Waals surface area contributed by atoms with Crippen LogP contribution in [-0.4, -0.2) is 11.8 Å². The molecule has 5 heteroatoms. The van der Waals surface area contributed by atoms with E-state index in [1.165, 1.54) is 4.90 Å². The summed E-state index contributed by atoms with van der Waals surface area (Å²) in [5.74, 6) is -0.618. The number of anilines is 2. The summed E-state index contributed by atoms with van der Waals surface area (Å²) in [6.07, 6.45) is 0. The van der Waals surface area contributed by atoms with E-state index in [-0.39, 0.29) is 11.8 Å². The van der Waals surface area contributed by atoms with E-state index in [1.807, 2.05) is 48.5 Å². The molecule has 1 aliphatic rings. The van der Waals surface area contributed by atoms with Crippen molar-refractivity contribution in [3.05, 3.63) is 106 Å². The number of halogens is 1. The van der Waals surface area contributed by atoms with Gasteiger partial charge >= 0.3 is 0 Å². The van der Waals surface area contributed by atoms with Crippen LogP contribution in [0.2, 0.25) is 0 Å². The minimum atomic E-state index is -0.309. The molecule has 2 amide bonds. The molecule has 1 heterocycles. The van der Waals surface area contributed by atoms with Gasteiger partial charge in [0.2, 0.25) is 0 Å². The Labute approximate surface area is 182 Å². The molecule has 30 heavy (non-hydrogen) atoms. The van der Waals surface area contributed by atoms with Gasteiger partial charge in [0.15, 0.2) is 0 Å². The average molecular weight is 457 g/mol. The van der Waals surface area contributed by atoms with Crippen molar-refractivity contribution in [2.45, 2.75) is 6.54 Å². The van der Waals surface area contributed by atoms with Crippen LogP contribution in [0.3, 0.4) is 0 Å². The van der Waals surface area contributed by atoms with E-state index in [0.717, 1.165) is 21.1 Å². The van der Waals surface area contributed by atoms with E-state index >= 15 is 0 Å². The van der Waals surface area contributed by atoms with Crippen molar-refractivity contribution in [3.8, 4) is 0 Å². The molecule has 0 aliphatic carbocycles. The van der Waals surface area contributed by atoms with Gasteiger partial charge in [0.25, 0.3) is 11.8 Å². The summed E-state index contributed by atoms with van der Waals surface area (Å²) in [5.41, 5.74) is 3.67. The highest BCUT2D eigenvalue weighted by atomic mass is 79.9. The molecule has 146 valence electrons. The highest BCUT2D eigenvalue weighted by Gasteiger charge is 2.34. The van der Waals surface area contributed by atoms with E-state index in [0.29, 0.717) is 28.7 Å². The minimum absolute atomic E-state index is 0.309. The molecule has 0 aromatic heterocycles. The molecule has 0 saturated heterocycles. The molecule has 0 bridgehead atoms. The first-order valence-corrected chi connectivity index (χ1v) is 10.4. The predicted molar refractivity (Wildman–Crippen MR) is 123 cm³/mol. The van der Waals surface area contributed by atoms with Gasteiger partial charge < -0.3 is 5.32 Å². The monoisotopic (exact) mass is 456 g/mol. The number of nitrogens with zero attached hydrogens (tertiary/aromatic N) is 1. The number of rotatable bonds is 4. The summed E-state index contributed by atoms with van der Waals surface area (Å²) in [4.78, 5) is 27.8. The van der Waals surface area contributed by atoms with Crippen LogP contribution in [0.4, 0.5) is 11.4 Å². The molecular weight excluding hydrogens is 440 g/mol. The maximum atomic E-state index is 13.3. The van der Waals surface area contributed by atoms with Crippen LogP contribution in [0.25, 0.3) is 10.8 Å². The van der Waals surface area contributed by atoms with Gasteiger partial charge in [0.1, 0.15) is 0 Å². The molecule has 0 atom stereocenters. The van der Waals surface area contributed by atoms with E-state index in [4.69, 9.17) is 0 Å². The van der Waals surface area contributed by atoms with Crippen LogP contribution >= 0.6 is 15.9 Å². The number of imide groups is 1. The Kier molecular flexibility index (Phi) is 4.60. The topological polar surface area (TPSA) is 49.4 Å². The Morgan fingerprint density at radius 2 is 1.50 bits per heavy atom. The van der Waals surface area contributed by atoms with Gasteiger partial charge in [-0.25, -0.2) is 4.90 Å². The largest absolute Gasteiger partial charge is 0.380 e. The van der Waals surface area contributed by atoms with Crippen LogP contribution in [0, 0.1) is 0 Å². The first-order valence-electron chi connectivity index (χ1n) is 9.61. The summed E-state index contributed by atoms with van der Waals surface area (Å²) in [6, 6.07) is 26.6. The van der Waals surface area contributed by atoms with Crippen LogP contribution < -0.4 is 10.2 Å². The molecule has 4 nitrogen and oxygen atoms in total. The van der Waals surface area contributed by atoms with Crippen molar-refractivity contribution < 1.29 is 9.59 Å². The zero-order valence-electron chi connectivity index (χ0n) is 15.9. The van der Waals surface area contributed by atoms with Gasteiger partial charge in [0, 0.05) is 38.6 Å². The SMILES string of the molecule is O=C1c2cccc3c(NCc4ccccc4)ccc(c23)C(=O)N1c1cccc(Br)c1. The molecule has 5 rings (SSSR count). The lowest BCUT2D eigenvalue weighted by molar-refractivity contribution is 0.0893. The van der Waals surface area contributed by atoms with Crippen LogP contribution in [0.5, 0.6) is 0 Å². The standard InChI is InChI=1S/C25H17BrN2O2/c26-17-8-4-9-18(14-17)28-24(29)20-11-5-10-19-22(13-12-21(23(19)20)25(28)30)27-15-16-6-2-1-3-7-16/h1-14,27H,15H2. The van der Waals surface area contributed by atoms with Crippen molar-refractivity contribution in [1.29, 1.82) is 0 Å². The molecular formula is C25H17BrN2O2. The molecule has 1 aliphatic heterocycles. The van der Waals surface area contributed by atoms with Crippen LogP contribution in [-0.2, 0) is 6.54 Å². The summed E-state index contributed by atoms with van der Waals surface area (Å²) in [5, 5.41) is 5.02. The maximum absolute atomic E-state index is 13.3. The first kappa shape index (κ1) is 18.6. The van der Waals surface area contributed by atoms with Gasteiger partial charge in [-0.15, -0.1) is 0 Å². The molecule has 0 saturated carbocycles. The number of amides is 2. The average Bonchev–Trinajstić information content (AvgIpc) is 2.77. The molecule has 0 fully saturated rings. The van der Waals surface area contributed by atoms with Crippen LogP contribution in [0.1, 0.15) is 26.3 Å².